The van der Waals surface area contributed by atoms with Gasteiger partial charge >= 0.3 is 0 Å². The fourth-order valence-corrected chi connectivity index (χ4v) is 4.21. The van der Waals surface area contributed by atoms with E-state index in [1.807, 2.05) is 35.6 Å². The van der Waals surface area contributed by atoms with Crippen LogP contribution in [0.4, 0.5) is 0 Å². The number of hydrogen-bond donors (Lipinski definition) is 1. The Bertz CT molecular complexity index is 1090. The van der Waals surface area contributed by atoms with E-state index in [0.29, 0.717) is 17.1 Å². The van der Waals surface area contributed by atoms with Crippen molar-refractivity contribution in [3.05, 3.63) is 40.4 Å². The van der Waals surface area contributed by atoms with Gasteiger partial charge in [-0.25, -0.2) is 4.68 Å². The summed E-state index contributed by atoms with van der Waals surface area (Å²) in [5, 5.41) is 8.30. The first-order chi connectivity index (χ1) is 13.5. The van der Waals surface area contributed by atoms with Crippen LogP contribution in [0.3, 0.4) is 0 Å². The molecule has 4 rings (SSSR count). The zero-order valence-electron chi connectivity index (χ0n) is 16.6. The molecule has 7 nitrogen and oxygen atoms in total. The van der Waals surface area contributed by atoms with Crippen LogP contribution in [0.25, 0.3) is 16.4 Å². The molecule has 7 heteroatoms. The van der Waals surface area contributed by atoms with E-state index < -0.39 is 0 Å². The van der Waals surface area contributed by atoms with Gasteiger partial charge < -0.3 is 10.1 Å². The second-order valence-corrected chi connectivity index (χ2v) is 7.79. The number of aryl methyl sites for hydroxylation is 1. The summed E-state index contributed by atoms with van der Waals surface area (Å²) in [5.74, 6) is 1.92. The lowest BCUT2D eigenvalue weighted by molar-refractivity contribution is -0.122. The number of amides is 1. The number of carbonyl (C=O) groups is 1. The van der Waals surface area contributed by atoms with E-state index in [9.17, 15) is 9.59 Å². The van der Waals surface area contributed by atoms with Crippen LogP contribution in [0, 0.1) is 12.8 Å². The van der Waals surface area contributed by atoms with Gasteiger partial charge in [-0.1, -0.05) is 13.0 Å². The molecule has 0 radical (unpaired) electrons. The van der Waals surface area contributed by atoms with Crippen molar-refractivity contribution in [3.63, 3.8) is 0 Å². The largest absolute Gasteiger partial charge is 0.496 e. The second-order valence-electron chi connectivity index (χ2n) is 7.79. The van der Waals surface area contributed by atoms with Crippen LogP contribution in [-0.4, -0.2) is 33.2 Å². The number of nitrogens with zero attached hydrogens (tertiary/aromatic N) is 3. The maximum absolute atomic E-state index is 13.0. The maximum atomic E-state index is 13.0. The van der Waals surface area contributed by atoms with E-state index >= 15 is 0 Å². The highest BCUT2D eigenvalue weighted by molar-refractivity contribution is 5.92. The van der Waals surface area contributed by atoms with Gasteiger partial charge in [0.25, 0.3) is 5.56 Å². The average Bonchev–Trinajstić information content (AvgIpc) is 3.08. The molecule has 2 heterocycles. The molecule has 1 aliphatic rings. The number of benzene rings is 1. The highest BCUT2D eigenvalue weighted by Crippen LogP contribution is 2.28. The van der Waals surface area contributed by atoms with Crippen molar-refractivity contribution < 1.29 is 9.53 Å². The van der Waals surface area contributed by atoms with Crippen LogP contribution >= 0.6 is 0 Å². The van der Waals surface area contributed by atoms with Crippen molar-refractivity contribution in [2.45, 2.75) is 52.1 Å². The molecule has 0 aliphatic heterocycles. The summed E-state index contributed by atoms with van der Waals surface area (Å²) < 4.78 is 8.49. The third kappa shape index (κ3) is 3.25. The van der Waals surface area contributed by atoms with Gasteiger partial charge in [0.05, 0.1) is 12.6 Å². The minimum atomic E-state index is -0.281. The maximum Gasteiger partial charge on any atom is 0.291 e. The summed E-state index contributed by atoms with van der Waals surface area (Å²) in [4.78, 5) is 25.5. The zero-order chi connectivity index (χ0) is 19.8. The third-order valence-electron chi connectivity index (χ3n) is 5.74. The molecule has 0 unspecified atom stereocenters. The Morgan fingerprint density at radius 3 is 2.71 bits per heavy atom. The van der Waals surface area contributed by atoms with Gasteiger partial charge in [0, 0.05) is 11.4 Å². The quantitative estimate of drug-likeness (QED) is 0.753. The number of nitrogens with one attached hydrogen (secondary N) is 1. The summed E-state index contributed by atoms with van der Waals surface area (Å²) in [6.45, 7) is 4.01. The first kappa shape index (κ1) is 18.5. The van der Waals surface area contributed by atoms with E-state index in [4.69, 9.17) is 4.74 Å². The summed E-state index contributed by atoms with van der Waals surface area (Å²) in [6, 6.07) is 7.69. The Morgan fingerprint density at radius 2 is 2.00 bits per heavy atom. The van der Waals surface area contributed by atoms with E-state index in [1.165, 1.54) is 4.68 Å². The Morgan fingerprint density at radius 1 is 1.25 bits per heavy atom. The van der Waals surface area contributed by atoms with Gasteiger partial charge in [0.2, 0.25) is 5.91 Å². The summed E-state index contributed by atoms with van der Waals surface area (Å²) in [7, 11) is 1.61. The molecule has 1 fully saturated rings. The first-order valence-electron chi connectivity index (χ1n) is 9.83. The van der Waals surface area contributed by atoms with Crippen molar-refractivity contribution in [3.8, 4) is 5.75 Å². The van der Waals surface area contributed by atoms with E-state index in [1.54, 1.807) is 7.11 Å². The smallest absolute Gasteiger partial charge is 0.291 e. The number of fused-ring (bicyclic) bond motifs is 3. The molecule has 0 saturated heterocycles. The first-order valence-corrected chi connectivity index (χ1v) is 9.83. The Balaban J connectivity index is 1.65. The van der Waals surface area contributed by atoms with Gasteiger partial charge in [0.1, 0.15) is 23.6 Å². The predicted molar refractivity (Wildman–Crippen MR) is 108 cm³/mol. The third-order valence-corrected chi connectivity index (χ3v) is 5.74. The predicted octanol–water partition coefficient (Wildman–Crippen LogP) is 2.66. The molecule has 28 heavy (non-hydrogen) atoms. The summed E-state index contributed by atoms with van der Waals surface area (Å²) >= 11 is 0. The fraction of sp³-hybridized carbons (Fsp3) is 0.476. The molecular formula is C21H26N4O3. The molecule has 3 aromatic rings. The monoisotopic (exact) mass is 382 g/mol. The minimum Gasteiger partial charge on any atom is -0.496 e. The summed E-state index contributed by atoms with van der Waals surface area (Å²) in [6.07, 6.45) is 4.26. The lowest BCUT2D eigenvalue weighted by Gasteiger charge is -2.26. The second kappa shape index (κ2) is 7.30. The van der Waals surface area contributed by atoms with Crippen LogP contribution < -0.4 is 15.6 Å². The van der Waals surface area contributed by atoms with Crippen molar-refractivity contribution in [2.75, 3.05) is 7.11 Å². The fourth-order valence-electron chi connectivity index (χ4n) is 4.21. The molecule has 1 aliphatic carbocycles. The lowest BCUT2D eigenvalue weighted by atomic mass is 9.87. The number of carbonyl (C=O) groups excluding carboxylic acids is 1. The molecule has 2 aromatic heterocycles. The van der Waals surface area contributed by atoms with Gasteiger partial charge in [-0.15, -0.1) is 0 Å². The minimum absolute atomic E-state index is 0.0686. The van der Waals surface area contributed by atoms with Crippen LogP contribution in [0.5, 0.6) is 5.75 Å². The number of hydrogen-bond acceptors (Lipinski definition) is 4. The van der Waals surface area contributed by atoms with Crippen LogP contribution in [-0.2, 0) is 11.3 Å². The van der Waals surface area contributed by atoms with Gasteiger partial charge in [-0.05, 0) is 56.7 Å². The van der Waals surface area contributed by atoms with Gasteiger partial charge in [-0.2, -0.15) is 5.10 Å². The number of methoxy groups -OCH3 is 1. The van der Waals surface area contributed by atoms with Crippen LogP contribution in [0.2, 0.25) is 0 Å². The molecule has 1 N–H and O–H groups in total. The normalized spacial score (nSPS) is 19.8. The number of ether oxygens (including phenoxy) is 1. The molecule has 0 atom stereocenters. The standard InChI is InChI=1S/C21H26N4O3/c1-13-7-9-15(10-8-13)22-20(26)12-24-21(27)18-11-16-17(25(18)14(2)23-24)5-4-6-19(16)28-3/h4-6,11,13,15H,7-10,12H2,1-3H3,(H,22,26). The zero-order valence-corrected chi connectivity index (χ0v) is 16.6. The lowest BCUT2D eigenvalue weighted by Crippen LogP contribution is -2.41. The number of rotatable bonds is 4. The van der Waals surface area contributed by atoms with E-state index in [-0.39, 0.29) is 24.1 Å². The highest BCUT2D eigenvalue weighted by atomic mass is 16.5. The van der Waals surface area contributed by atoms with Crippen molar-refractivity contribution in [1.82, 2.24) is 19.5 Å². The van der Waals surface area contributed by atoms with Crippen molar-refractivity contribution in [1.29, 1.82) is 0 Å². The van der Waals surface area contributed by atoms with Gasteiger partial charge in [0.15, 0.2) is 0 Å². The SMILES string of the molecule is COc1cccc2c1cc1c(=O)n(CC(=O)NC3CCC(C)CC3)nc(C)n12. The Labute approximate surface area is 163 Å². The van der Waals surface area contributed by atoms with E-state index in [2.05, 4.69) is 17.3 Å². The van der Waals surface area contributed by atoms with Crippen molar-refractivity contribution in [2.24, 2.45) is 5.92 Å². The topological polar surface area (TPSA) is 77.6 Å². The molecule has 1 aromatic carbocycles. The Kier molecular flexibility index (Phi) is 4.83. The molecule has 0 spiro atoms. The number of aromatic nitrogens is 3. The van der Waals surface area contributed by atoms with Crippen molar-refractivity contribution >= 4 is 22.3 Å². The summed E-state index contributed by atoms with van der Waals surface area (Å²) in [5.41, 5.74) is 1.08. The molecule has 0 bridgehead atoms. The molecular weight excluding hydrogens is 356 g/mol. The van der Waals surface area contributed by atoms with Crippen LogP contribution in [0.1, 0.15) is 38.4 Å². The molecule has 148 valence electrons. The van der Waals surface area contributed by atoms with Crippen LogP contribution in [0.15, 0.2) is 29.1 Å². The van der Waals surface area contributed by atoms with E-state index in [0.717, 1.165) is 42.5 Å². The Hall–Kier alpha value is -2.83. The molecule has 1 saturated carbocycles. The molecule has 1 amide bonds. The average molecular weight is 382 g/mol. The highest BCUT2D eigenvalue weighted by Gasteiger charge is 2.21. The van der Waals surface area contributed by atoms with Gasteiger partial charge in [-0.3, -0.25) is 14.0 Å².